The second-order valence-electron chi connectivity index (χ2n) is 7.35. The van der Waals surface area contributed by atoms with Crippen molar-refractivity contribution in [1.82, 2.24) is 19.7 Å². The third kappa shape index (κ3) is 3.81. The summed E-state index contributed by atoms with van der Waals surface area (Å²) >= 11 is 0. The van der Waals surface area contributed by atoms with E-state index in [1.165, 1.54) is 0 Å². The first kappa shape index (κ1) is 20.1. The zero-order chi connectivity index (χ0) is 21.1. The Kier molecular flexibility index (Phi) is 5.83. The van der Waals surface area contributed by atoms with Gasteiger partial charge in [-0.05, 0) is 44.0 Å². The molecule has 30 heavy (non-hydrogen) atoms. The highest BCUT2D eigenvalue weighted by atomic mass is 16.5. The lowest BCUT2D eigenvalue weighted by Crippen LogP contribution is -2.40. The number of aryl methyl sites for hydroxylation is 1. The summed E-state index contributed by atoms with van der Waals surface area (Å²) in [6.07, 6.45) is 4.28. The number of benzene rings is 1. The number of carbonyl (C=O) groups excluding carboxylic acids is 1. The molecule has 8 nitrogen and oxygen atoms in total. The maximum absolute atomic E-state index is 12.3. The third-order valence-corrected chi connectivity index (χ3v) is 5.43. The minimum absolute atomic E-state index is 0.128. The van der Waals surface area contributed by atoms with Crippen molar-refractivity contribution in [3.8, 4) is 11.4 Å². The summed E-state index contributed by atoms with van der Waals surface area (Å²) in [5, 5.41) is 5.47. The van der Waals surface area contributed by atoms with Gasteiger partial charge in [-0.2, -0.15) is 5.10 Å². The minimum Gasteiger partial charge on any atom is -0.497 e. The first-order valence-electron chi connectivity index (χ1n) is 10.4. The molecule has 1 saturated heterocycles. The van der Waals surface area contributed by atoms with Gasteiger partial charge in [0.1, 0.15) is 17.4 Å². The summed E-state index contributed by atoms with van der Waals surface area (Å²) in [6, 6.07) is 7.72. The van der Waals surface area contributed by atoms with Gasteiger partial charge in [0.25, 0.3) is 0 Å². The zero-order valence-electron chi connectivity index (χ0n) is 17.7. The number of methoxy groups -OCH3 is 1. The number of rotatable bonds is 6. The van der Waals surface area contributed by atoms with Crippen molar-refractivity contribution in [2.75, 3.05) is 31.7 Å². The van der Waals surface area contributed by atoms with E-state index in [1.54, 1.807) is 7.11 Å². The number of anilines is 1. The van der Waals surface area contributed by atoms with Crippen LogP contribution >= 0.6 is 0 Å². The number of fused-ring (bicyclic) bond motifs is 1. The minimum atomic E-state index is -0.134. The van der Waals surface area contributed by atoms with Crippen LogP contribution in [-0.4, -0.2) is 52.5 Å². The van der Waals surface area contributed by atoms with Crippen LogP contribution < -0.4 is 9.64 Å². The van der Waals surface area contributed by atoms with Crippen molar-refractivity contribution in [2.24, 2.45) is 5.92 Å². The van der Waals surface area contributed by atoms with E-state index in [9.17, 15) is 4.79 Å². The Morgan fingerprint density at radius 1 is 1.20 bits per heavy atom. The maximum atomic E-state index is 12.3. The molecule has 1 fully saturated rings. The highest BCUT2D eigenvalue weighted by Gasteiger charge is 2.29. The normalized spacial score (nSPS) is 16.6. The monoisotopic (exact) mass is 409 g/mol. The lowest BCUT2D eigenvalue weighted by Gasteiger charge is -2.32. The molecule has 0 amide bonds. The first-order valence-corrected chi connectivity index (χ1v) is 10.4. The molecule has 0 unspecified atom stereocenters. The summed E-state index contributed by atoms with van der Waals surface area (Å²) in [5.41, 5.74) is 1.67. The molecular weight excluding hydrogens is 382 g/mol. The molecule has 3 heterocycles. The van der Waals surface area contributed by atoms with Crippen molar-refractivity contribution in [2.45, 2.75) is 33.1 Å². The fraction of sp³-hybridized carbons (Fsp3) is 0.455. The number of nitrogens with zero attached hydrogens (tertiary/aromatic N) is 5. The van der Waals surface area contributed by atoms with Gasteiger partial charge in [-0.15, -0.1) is 0 Å². The predicted molar refractivity (Wildman–Crippen MR) is 114 cm³/mol. The molecule has 3 aromatic rings. The molecule has 1 aliphatic heterocycles. The highest BCUT2D eigenvalue weighted by Crippen LogP contribution is 2.30. The molecular formula is C22H27N5O3. The second kappa shape index (κ2) is 8.69. The summed E-state index contributed by atoms with van der Waals surface area (Å²) in [6.45, 7) is 5.73. The third-order valence-electron chi connectivity index (χ3n) is 5.43. The average molecular weight is 409 g/mol. The molecule has 0 saturated carbocycles. The van der Waals surface area contributed by atoms with E-state index in [4.69, 9.17) is 19.4 Å². The van der Waals surface area contributed by atoms with Gasteiger partial charge < -0.3 is 14.4 Å². The second-order valence-corrected chi connectivity index (χ2v) is 7.35. The van der Waals surface area contributed by atoms with E-state index in [-0.39, 0.29) is 11.9 Å². The quantitative estimate of drug-likeness (QED) is 0.578. The van der Waals surface area contributed by atoms with E-state index >= 15 is 0 Å². The molecule has 1 atom stereocenters. The largest absolute Gasteiger partial charge is 0.497 e. The average Bonchev–Trinajstić information content (AvgIpc) is 3.22. The van der Waals surface area contributed by atoms with Crippen LogP contribution in [0.15, 0.2) is 30.5 Å². The number of piperidine rings is 1. The molecule has 0 N–H and O–H groups in total. The van der Waals surface area contributed by atoms with E-state index in [0.29, 0.717) is 19.6 Å². The fourth-order valence-electron chi connectivity index (χ4n) is 3.87. The Bertz CT molecular complexity index is 1030. The number of carbonyl (C=O) groups is 1. The Morgan fingerprint density at radius 2 is 2.00 bits per heavy atom. The van der Waals surface area contributed by atoms with Gasteiger partial charge in [-0.25, -0.2) is 14.6 Å². The topological polar surface area (TPSA) is 82.4 Å². The van der Waals surface area contributed by atoms with Crippen LogP contribution in [0.4, 0.5) is 5.82 Å². The fourth-order valence-corrected chi connectivity index (χ4v) is 3.87. The van der Waals surface area contributed by atoms with Gasteiger partial charge in [-0.1, -0.05) is 6.92 Å². The number of ether oxygens (including phenoxy) is 2. The van der Waals surface area contributed by atoms with Crippen molar-refractivity contribution in [1.29, 1.82) is 0 Å². The molecule has 158 valence electrons. The maximum Gasteiger partial charge on any atom is 0.310 e. The SMILES string of the molecule is CCOC(=O)[C@H]1CCCN(c2nc(CC)nc3c2cnn3-c2ccc(OC)cc2)C1. The summed E-state index contributed by atoms with van der Waals surface area (Å²) in [7, 11) is 1.65. The van der Waals surface area contributed by atoms with Crippen molar-refractivity contribution in [3.05, 3.63) is 36.3 Å². The van der Waals surface area contributed by atoms with Crippen LogP contribution in [0.1, 0.15) is 32.5 Å². The van der Waals surface area contributed by atoms with Gasteiger partial charge in [0.2, 0.25) is 0 Å². The smallest absolute Gasteiger partial charge is 0.310 e. The molecule has 1 aliphatic rings. The summed E-state index contributed by atoms with van der Waals surface area (Å²) in [4.78, 5) is 24.0. The molecule has 1 aromatic carbocycles. The van der Waals surface area contributed by atoms with E-state index < -0.39 is 0 Å². The highest BCUT2D eigenvalue weighted by molar-refractivity contribution is 5.88. The summed E-state index contributed by atoms with van der Waals surface area (Å²) in [5.74, 6) is 2.12. The van der Waals surface area contributed by atoms with Crippen LogP contribution in [-0.2, 0) is 16.0 Å². The molecule has 4 rings (SSSR count). The van der Waals surface area contributed by atoms with Crippen LogP contribution in [0.5, 0.6) is 5.75 Å². The number of hydrogen-bond donors (Lipinski definition) is 0. The molecule has 0 bridgehead atoms. The first-order chi connectivity index (χ1) is 14.6. The molecule has 8 heteroatoms. The van der Waals surface area contributed by atoms with Gasteiger partial charge >= 0.3 is 5.97 Å². The van der Waals surface area contributed by atoms with Crippen molar-refractivity contribution >= 4 is 22.8 Å². The van der Waals surface area contributed by atoms with Gasteiger partial charge in [-0.3, -0.25) is 4.79 Å². The molecule has 0 radical (unpaired) electrons. The zero-order valence-corrected chi connectivity index (χ0v) is 17.7. The Balaban J connectivity index is 1.73. The van der Waals surface area contributed by atoms with Gasteiger partial charge in [0.05, 0.1) is 36.9 Å². The lowest BCUT2D eigenvalue weighted by atomic mass is 9.98. The van der Waals surface area contributed by atoms with E-state index in [0.717, 1.165) is 53.5 Å². The van der Waals surface area contributed by atoms with Crippen LogP contribution in [0.2, 0.25) is 0 Å². The van der Waals surface area contributed by atoms with Crippen LogP contribution in [0.25, 0.3) is 16.7 Å². The lowest BCUT2D eigenvalue weighted by molar-refractivity contribution is -0.148. The van der Waals surface area contributed by atoms with Crippen LogP contribution in [0.3, 0.4) is 0 Å². The molecule has 0 aliphatic carbocycles. The predicted octanol–water partition coefficient (Wildman–Crippen LogP) is 3.17. The number of esters is 1. The summed E-state index contributed by atoms with van der Waals surface area (Å²) < 4.78 is 12.3. The molecule has 2 aromatic heterocycles. The number of aromatic nitrogens is 4. The van der Waals surface area contributed by atoms with Gasteiger partial charge in [0, 0.05) is 19.5 Å². The molecule has 0 spiro atoms. The van der Waals surface area contributed by atoms with Gasteiger partial charge in [0.15, 0.2) is 5.65 Å². The van der Waals surface area contributed by atoms with E-state index in [1.807, 2.05) is 49.0 Å². The Morgan fingerprint density at radius 3 is 2.70 bits per heavy atom. The Hall–Kier alpha value is -3.16. The van der Waals surface area contributed by atoms with Crippen molar-refractivity contribution in [3.63, 3.8) is 0 Å². The van der Waals surface area contributed by atoms with E-state index in [2.05, 4.69) is 10.00 Å². The number of hydrogen-bond acceptors (Lipinski definition) is 7. The van der Waals surface area contributed by atoms with Crippen molar-refractivity contribution < 1.29 is 14.3 Å². The Labute approximate surface area is 175 Å². The standard InChI is InChI=1S/C22H27N5O3/c1-4-19-24-20(26-12-6-7-15(14-26)22(28)30-5-2)18-13-23-27(21(18)25-19)16-8-10-17(29-3)11-9-16/h8-11,13,15H,4-7,12,14H2,1-3H3/t15-/m0/s1. The van der Waals surface area contributed by atoms with Crippen LogP contribution in [0, 0.1) is 5.92 Å².